The van der Waals surface area contributed by atoms with Gasteiger partial charge in [0.2, 0.25) is 5.91 Å². The molecule has 0 bridgehead atoms. The van der Waals surface area contributed by atoms with Crippen LogP contribution in [-0.4, -0.2) is 70.9 Å². The average molecular weight is 488 g/mol. The minimum absolute atomic E-state index is 0.0754. The van der Waals surface area contributed by atoms with Crippen molar-refractivity contribution >= 4 is 35.0 Å². The van der Waals surface area contributed by atoms with Crippen molar-refractivity contribution in [3.63, 3.8) is 0 Å². The van der Waals surface area contributed by atoms with E-state index in [0.29, 0.717) is 10.6 Å². The lowest BCUT2D eigenvalue weighted by molar-refractivity contribution is -0.137. The number of hydrogen-bond acceptors (Lipinski definition) is 8. The number of amides is 3. The highest BCUT2D eigenvalue weighted by atomic mass is 32.1. The second kappa shape index (κ2) is 10.3. The summed E-state index contributed by atoms with van der Waals surface area (Å²) in [6.45, 7) is 4.19. The van der Waals surface area contributed by atoms with Crippen LogP contribution in [0.1, 0.15) is 44.0 Å². The molecule has 2 aromatic rings. The molecule has 1 unspecified atom stereocenters. The molecule has 3 heterocycles. The third-order valence-corrected chi connectivity index (χ3v) is 6.78. The third kappa shape index (κ3) is 5.11. The van der Waals surface area contributed by atoms with Crippen LogP contribution in [0.25, 0.3) is 0 Å². The van der Waals surface area contributed by atoms with E-state index < -0.39 is 36.2 Å². The van der Waals surface area contributed by atoms with E-state index in [1.165, 1.54) is 11.3 Å². The minimum atomic E-state index is -1.32. The highest BCUT2D eigenvalue weighted by Crippen LogP contribution is 2.34. The number of carbonyl (C=O) groups excluding carboxylic acids is 3. The molecule has 1 aromatic heterocycles. The van der Waals surface area contributed by atoms with E-state index in [0.717, 1.165) is 43.3 Å². The molecule has 4 rings (SSSR count). The quantitative estimate of drug-likeness (QED) is 0.480. The molecule has 34 heavy (non-hydrogen) atoms. The molecule has 0 spiro atoms. The zero-order valence-electron chi connectivity index (χ0n) is 18.4. The van der Waals surface area contributed by atoms with Crippen LogP contribution in [0.5, 0.6) is 5.75 Å². The number of imide groups is 1. The fourth-order valence-corrected chi connectivity index (χ4v) is 4.96. The summed E-state index contributed by atoms with van der Waals surface area (Å²) >= 11 is 1.22. The predicted molar refractivity (Wildman–Crippen MR) is 122 cm³/mol. The van der Waals surface area contributed by atoms with E-state index in [1.54, 1.807) is 5.38 Å². The standard InChI is InChI=1S/C23H25N3O7S/c24-21(29)17(5-6-19(27)28)26-22(30)16-13-34-18(20(16)23(26)31)12-33-15-3-1-14(2-4-15)11-25-7-9-32-10-8-25/h1-4,13,17H,5-12H2,(H2,24,29)(H,27,28). The van der Waals surface area contributed by atoms with Gasteiger partial charge in [0.05, 0.1) is 29.2 Å². The molecular formula is C23H25N3O7S. The van der Waals surface area contributed by atoms with Gasteiger partial charge in [0, 0.05) is 31.4 Å². The lowest BCUT2D eigenvalue weighted by Gasteiger charge is -2.26. The number of primary amides is 1. The minimum Gasteiger partial charge on any atom is -0.488 e. The van der Waals surface area contributed by atoms with Crippen molar-refractivity contribution in [3.05, 3.63) is 51.2 Å². The molecule has 3 N–H and O–H groups in total. The molecule has 2 aliphatic rings. The highest BCUT2D eigenvalue weighted by molar-refractivity contribution is 7.10. The topological polar surface area (TPSA) is 139 Å². The van der Waals surface area contributed by atoms with Crippen LogP contribution in [-0.2, 0) is 27.5 Å². The zero-order chi connectivity index (χ0) is 24.2. The van der Waals surface area contributed by atoms with Crippen LogP contribution in [0.2, 0.25) is 0 Å². The van der Waals surface area contributed by atoms with Crippen LogP contribution in [0.3, 0.4) is 0 Å². The van der Waals surface area contributed by atoms with E-state index in [9.17, 15) is 19.2 Å². The number of rotatable bonds is 10. The lowest BCUT2D eigenvalue weighted by atomic mass is 10.1. The molecule has 0 saturated carbocycles. The average Bonchev–Trinajstić information content (AvgIpc) is 3.34. The van der Waals surface area contributed by atoms with E-state index in [2.05, 4.69) is 4.90 Å². The number of nitrogens with two attached hydrogens (primary N) is 1. The van der Waals surface area contributed by atoms with Gasteiger partial charge in [-0.3, -0.25) is 29.0 Å². The first-order valence-electron chi connectivity index (χ1n) is 10.9. The predicted octanol–water partition coefficient (Wildman–Crippen LogP) is 1.47. The fourth-order valence-electron chi connectivity index (χ4n) is 4.04. The number of thiophene rings is 1. The number of hydrogen-bond donors (Lipinski definition) is 2. The first-order chi connectivity index (χ1) is 16.3. The zero-order valence-corrected chi connectivity index (χ0v) is 19.2. The van der Waals surface area contributed by atoms with Crippen LogP contribution in [0.4, 0.5) is 0 Å². The molecule has 11 heteroatoms. The number of benzene rings is 1. The molecule has 1 saturated heterocycles. The van der Waals surface area contributed by atoms with Gasteiger partial charge in [0.15, 0.2) is 0 Å². The number of aliphatic carboxylic acids is 1. The molecule has 1 aromatic carbocycles. The Hall–Kier alpha value is -3.28. The summed E-state index contributed by atoms with van der Waals surface area (Å²) in [4.78, 5) is 52.2. The van der Waals surface area contributed by atoms with E-state index in [1.807, 2.05) is 24.3 Å². The van der Waals surface area contributed by atoms with Gasteiger partial charge in [-0.2, -0.15) is 0 Å². The highest BCUT2D eigenvalue weighted by Gasteiger charge is 2.44. The van der Waals surface area contributed by atoms with Crippen LogP contribution in [0.15, 0.2) is 29.6 Å². The Labute approximate surface area is 199 Å². The SMILES string of the molecule is NC(=O)C(CCC(=O)O)N1C(=O)c2csc(COc3ccc(CN4CCOCC4)cc3)c2C1=O. The summed E-state index contributed by atoms with van der Waals surface area (Å²) in [5, 5.41) is 10.5. The van der Waals surface area contributed by atoms with Crippen molar-refractivity contribution in [2.24, 2.45) is 5.73 Å². The van der Waals surface area contributed by atoms with Gasteiger partial charge < -0.3 is 20.3 Å². The second-order valence-corrected chi connectivity index (χ2v) is 9.06. The van der Waals surface area contributed by atoms with Crippen molar-refractivity contribution in [1.29, 1.82) is 0 Å². The third-order valence-electron chi connectivity index (χ3n) is 5.82. The van der Waals surface area contributed by atoms with E-state index in [-0.39, 0.29) is 24.2 Å². The maximum Gasteiger partial charge on any atom is 0.303 e. The Bertz CT molecular complexity index is 1090. The number of carboxylic acid groups (broad SMARTS) is 1. The number of carbonyl (C=O) groups is 4. The summed E-state index contributed by atoms with van der Waals surface area (Å²) in [7, 11) is 0. The number of carboxylic acids is 1. The summed E-state index contributed by atoms with van der Waals surface area (Å²) in [5.41, 5.74) is 6.88. The number of ether oxygens (including phenoxy) is 2. The second-order valence-electron chi connectivity index (χ2n) is 8.10. The number of fused-ring (bicyclic) bond motifs is 1. The van der Waals surface area contributed by atoms with Gasteiger partial charge in [-0.05, 0) is 24.1 Å². The van der Waals surface area contributed by atoms with Crippen molar-refractivity contribution in [1.82, 2.24) is 9.80 Å². The molecule has 0 radical (unpaired) electrons. The van der Waals surface area contributed by atoms with Crippen molar-refractivity contribution < 1.29 is 33.8 Å². The Balaban J connectivity index is 1.41. The van der Waals surface area contributed by atoms with Gasteiger partial charge in [0.1, 0.15) is 18.4 Å². The van der Waals surface area contributed by atoms with Crippen LogP contribution >= 0.6 is 11.3 Å². The maximum atomic E-state index is 13.0. The van der Waals surface area contributed by atoms with E-state index >= 15 is 0 Å². The number of nitrogens with zero attached hydrogens (tertiary/aromatic N) is 2. The smallest absolute Gasteiger partial charge is 0.303 e. The Morgan fingerprint density at radius 2 is 1.85 bits per heavy atom. The maximum absolute atomic E-state index is 13.0. The largest absolute Gasteiger partial charge is 0.488 e. The van der Waals surface area contributed by atoms with Crippen molar-refractivity contribution in [2.75, 3.05) is 26.3 Å². The van der Waals surface area contributed by atoms with Crippen LogP contribution < -0.4 is 10.5 Å². The van der Waals surface area contributed by atoms with E-state index in [4.69, 9.17) is 20.3 Å². The van der Waals surface area contributed by atoms with Gasteiger partial charge in [0.25, 0.3) is 11.8 Å². The van der Waals surface area contributed by atoms with Gasteiger partial charge in [-0.1, -0.05) is 12.1 Å². The van der Waals surface area contributed by atoms with Crippen molar-refractivity contribution in [3.8, 4) is 5.75 Å². The summed E-state index contributed by atoms with van der Waals surface area (Å²) in [6.07, 6.45) is -0.631. The molecule has 1 atom stereocenters. The van der Waals surface area contributed by atoms with Gasteiger partial charge in [-0.15, -0.1) is 11.3 Å². The molecular weight excluding hydrogens is 462 g/mol. The fraction of sp³-hybridized carbons (Fsp3) is 0.391. The Morgan fingerprint density at radius 1 is 1.15 bits per heavy atom. The molecule has 10 nitrogen and oxygen atoms in total. The van der Waals surface area contributed by atoms with Crippen molar-refractivity contribution in [2.45, 2.75) is 32.0 Å². The molecule has 2 aliphatic heterocycles. The number of morpholine rings is 1. The first-order valence-corrected chi connectivity index (χ1v) is 11.7. The summed E-state index contributed by atoms with van der Waals surface area (Å²) in [5.74, 6) is -2.76. The molecule has 3 amide bonds. The first kappa shape index (κ1) is 23.9. The van der Waals surface area contributed by atoms with Gasteiger partial charge in [-0.25, -0.2) is 0 Å². The molecule has 180 valence electrons. The lowest BCUT2D eigenvalue weighted by Crippen LogP contribution is -2.48. The Kier molecular flexibility index (Phi) is 7.25. The Morgan fingerprint density at radius 3 is 2.50 bits per heavy atom. The monoisotopic (exact) mass is 487 g/mol. The summed E-state index contributed by atoms with van der Waals surface area (Å²) in [6, 6.07) is 6.37. The van der Waals surface area contributed by atoms with Gasteiger partial charge >= 0.3 is 5.97 Å². The normalized spacial score (nSPS) is 17.0. The molecule has 1 fully saturated rings. The molecule has 0 aliphatic carbocycles. The van der Waals surface area contributed by atoms with Crippen LogP contribution in [0, 0.1) is 0 Å². The summed E-state index contributed by atoms with van der Waals surface area (Å²) < 4.78 is 11.2.